The van der Waals surface area contributed by atoms with Crippen LogP contribution in [0.1, 0.15) is 47.2 Å². The van der Waals surface area contributed by atoms with E-state index < -0.39 is 5.41 Å². The van der Waals surface area contributed by atoms with E-state index in [1.807, 2.05) is 0 Å². The average molecular weight is 778 g/mol. The van der Waals surface area contributed by atoms with Crippen molar-refractivity contribution >= 4 is 38.6 Å². The Labute approximate surface area is 357 Å². The summed E-state index contributed by atoms with van der Waals surface area (Å²) >= 11 is 0. The van der Waals surface area contributed by atoms with Crippen molar-refractivity contribution in [2.75, 3.05) is 4.90 Å². The van der Waals surface area contributed by atoms with Gasteiger partial charge in [0.15, 0.2) is 0 Å². The first-order valence-corrected chi connectivity index (χ1v) is 21.4. The second-order valence-electron chi connectivity index (χ2n) is 17.2. The minimum absolute atomic E-state index is 0.254. The molecule has 10 aromatic rings. The van der Waals surface area contributed by atoms with Crippen molar-refractivity contribution in [1.82, 2.24) is 0 Å². The predicted octanol–water partition coefficient (Wildman–Crippen LogP) is 15.8. The molecule has 0 aromatic heterocycles. The van der Waals surface area contributed by atoms with Gasteiger partial charge < -0.3 is 4.90 Å². The van der Waals surface area contributed by atoms with Gasteiger partial charge in [0.2, 0.25) is 0 Å². The molecule has 0 amide bonds. The highest BCUT2D eigenvalue weighted by Crippen LogP contribution is 2.59. The highest BCUT2D eigenvalue weighted by Gasteiger charge is 2.46. The van der Waals surface area contributed by atoms with E-state index in [4.69, 9.17) is 0 Å². The first kappa shape index (κ1) is 35.5. The van der Waals surface area contributed by atoms with Gasteiger partial charge in [0.25, 0.3) is 0 Å². The zero-order valence-corrected chi connectivity index (χ0v) is 34.3. The topological polar surface area (TPSA) is 3.24 Å². The highest BCUT2D eigenvalue weighted by molar-refractivity contribution is 6.05. The van der Waals surface area contributed by atoms with Crippen LogP contribution in [0.2, 0.25) is 0 Å². The minimum atomic E-state index is -0.504. The molecule has 0 atom stereocenters. The van der Waals surface area contributed by atoms with Gasteiger partial charge in [-0.1, -0.05) is 196 Å². The summed E-state index contributed by atoms with van der Waals surface area (Å²) in [5, 5.41) is 5.05. The van der Waals surface area contributed by atoms with Crippen LogP contribution in [0.4, 0.5) is 17.1 Å². The van der Waals surface area contributed by atoms with E-state index in [0.717, 1.165) is 17.1 Å². The Morgan fingerprint density at radius 2 is 0.869 bits per heavy atom. The van der Waals surface area contributed by atoms with Gasteiger partial charge in [-0.2, -0.15) is 0 Å². The molecule has 1 nitrogen and oxygen atoms in total. The molecule has 2 aliphatic rings. The summed E-state index contributed by atoms with van der Waals surface area (Å²) in [5.41, 5.74) is 18.3. The van der Waals surface area contributed by atoms with E-state index in [-0.39, 0.29) is 5.41 Å². The first-order valence-electron chi connectivity index (χ1n) is 21.4. The fourth-order valence-corrected chi connectivity index (χ4v) is 11.0. The summed E-state index contributed by atoms with van der Waals surface area (Å²) in [7, 11) is 0. The monoisotopic (exact) mass is 777 g/mol. The van der Waals surface area contributed by atoms with E-state index in [1.54, 1.807) is 0 Å². The van der Waals surface area contributed by atoms with Crippen LogP contribution in [-0.4, -0.2) is 0 Å². The zero-order valence-electron chi connectivity index (χ0n) is 34.3. The molecular formula is C60H43N. The van der Waals surface area contributed by atoms with E-state index in [9.17, 15) is 0 Å². The van der Waals surface area contributed by atoms with Crippen LogP contribution < -0.4 is 4.90 Å². The summed E-state index contributed by atoms with van der Waals surface area (Å²) in [6.45, 7) is 4.84. The fraction of sp³-hybridized carbons (Fsp3) is 0.0667. The molecule has 0 spiro atoms. The maximum absolute atomic E-state index is 2.49. The molecule has 0 saturated heterocycles. The Kier molecular flexibility index (Phi) is 7.86. The third kappa shape index (κ3) is 5.20. The summed E-state index contributed by atoms with van der Waals surface area (Å²) in [4.78, 5) is 2.49. The van der Waals surface area contributed by atoms with Crippen molar-refractivity contribution in [3.8, 4) is 33.4 Å². The summed E-state index contributed by atoms with van der Waals surface area (Å²) in [6, 6.07) is 83.5. The van der Waals surface area contributed by atoms with Gasteiger partial charge in [-0.3, -0.25) is 0 Å². The van der Waals surface area contributed by atoms with E-state index in [1.165, 1.54) is 88.3 Å². The van der Waals surface area contributed by atoms with Gasteiger partial charge in [0.1, 0.15) is 0 Å². The van der Waals surface area contributed by atoms with Crippen LogP contribution in [0, 0.1) is 0 Å². The molecule has 10 aromatic carbocycles. The fourth-order valence-electron chi connectivity index (χ4n) is 11.0. The Morgan fingerprint density at radius 3 is 1.59 bits per heavy atom. The van der Waals surface area contributed by atoms with Crippen LogP contribution in [0.3, 0.4) is 0 Å². The molecule has 0 fully saturated rings. The van der Waals surface area contributed by atoms with Crippen molar-refractivity contribution in [1.29, 1.82) is 0 Å². The third-order valence-electron chi connectivity index (χ3n) is 13.7. The lowest BCUT2D eigenvalue weighted by atomic mass is 9.67. The lowest BCUT2D eigenvalue weighted by Gasteiger charge is -2.35. The standard InChI is InChI=1S/C60H43N/c1-59(2)55-38-47(33-35-52(55)57-53(41-19-6-3-7-20-41)37-43-22-14-15-27-49(43)58(57)59)61(46-31-30-40-18-12-13-21-42(40)36-46)48-32-34-51-50-28-16-17-29-54(50)60(56(51)39-48,44-23-8-4-9-24-44)45-25-10-5-11-26-45/h3-39H,1-2H3. The molecule has 1 heteroatoms. The number of hydrogen-bond donors (Lipinski definition) is 0. The molecule has 0 unspecified atom stereocenters. The average Bonchev–Trinajstić information content (AvgIpc) is 3.75. The molecule has 0 N–H and O–H groups in total. The van der Waals surface area contributed by atoms with E-state index >= 15 is 0 Å². The van der Waals surface area contributed by atoms with Crippen LogP contribution in [0.5, 0.6) is 0 Å². The van der Waals surface area contributed by atoms with Gasteiger partial charge in [0.05, 0.1) is 5.41 Å². The summed E-state index contributed by atoms with van der Waals surface area (Å²) < 4.78 is 0. The Hall–Kier alpha value is -7.48. The van der Waals surface area contributed by atoms with Gasteiger partial charge in [-0.25, -0.2) is 0 Å². The van der Waals surface area contributed by atoms with Gasteiger partial charge >= 0.3 is 0 Å². The SMILES string of the molecule is CC1(C)c2cc(N(c3ccc4c(c3)C(c3ccccc3)(c3ccccc3)c3ccccc3-4)c3ccc4ccccc4c3)ccc2-c2c(-c3ccccc3)cc3ccccc3c21. The van der Waals surface area contributed by atoms with Crippen molar-refractivity contribution in [2.24, 2.45) is 0 Å². The molecule has 0 aliphatic heterocycles. The lowest BCUT2D eigenvalue weighted by Crippen LogP contribution is -2.28. The number of rotatable bonds is 6. The molecule has 2 aliphatic carbocycles. The second kappa shape index (κ2) is 13.5. The maximum atomic E-state index is 2.49. The summed E-state index contributed by atoms with van der Waals surface area (Å²) in [5.74, 6) is 0. The Balaban J connectivity index is 1.12. The van der Waals surface area contributed by atoms with Crippen LogP contribution in [0.25, 0.3) is 54.9 Å². The van der Waals surface area contributed by atoms with E-state index in [0.29, 0.717) is 0 Å². The molecule has 61 heavy (non-hydrogen) atoms. The van der Waals surface area contributed by atoms with Crippen molar-refractivity contribution in [3.05, 3.63) is 258 Å². The molecule has 12 rings (SSSR count). The van der Waals surface area contributed by atoms with Crippen LogP contribution >= 0.6 is 0 Å². The van der Waals surface area contributed by atoms with E-state index in [2.05, 4.69) is 243 Å². The molecule has 0 radical (unpaired) electrons. The van der Waals surface area contributed by atoms with Crippen molar-refractivity contribution in [3.63, 3.8) is 0 Å². The second-order valence-corrected chi connectivity index (χ2v) is 17.2. The molecule has 0 bridgehead atoms. The van der Waals surface area contributed by atoms with Crippen LogP contribution in [-0.2, 0) is 10.8 Å². The van der Waals surface area contributed by atoms with Gasteiger partial charge in [-0.15, -0.1) is 0 Å². The number of fused-ring (bicyclic) bond motifs is 9. The largest absolute Gasteiger partial charge is 0.310 e. The molecular weight excluding hydrogens is 735 g/mol. The smallest absolute Gasteiger partial charge is 0.0714 e. The Bertz CT molecular complexity index is 3290. The van der Waals surface area contributed by atoms with Crippen LogP contribution in [0.15, 0.2) is 224 Å². The van der Waals surface area contributed by atoms with Crippen molar-refractivity contribution in [2.45, 2.75) is 24.7 Å². The lowest BCUT2D eigenvalue weighted by molar-refractivity contribution is 0.666. The number of benzene rings is 10. The first-order chi connectivity index (χ1) is 30.0. The minimum Gasteiger partial charge on any atom is -0.310 e. The maximum Gasteiger partial charge on any atom is 0.0714 e. The number of anilines is 3. The molecule has 0 saturated carbocycles. The number of hydrogen-bond acceptors (Lipinski definition) is 1. The molecule has 0 heterocycles. The van der Waals surface area contributed by atoms with Gasteiger partial charge in [-0.05, 0) is 131 Å². The van der Waals surface area contributed by atoms with Crippen molar-refractivity contribution < 1.29 is 0 Å². The zero-order chi connectivity index (χ0) is 40.7. The van der Waals surface area contributed by atoms with Gasteiger partial charge in [0, 0.05) is 22.5 Å². The Morgan fingerprint density at radius 1 is 0.344 bits per heavy atom. The quantitative estimate of drug-likeness (QED) is 0.163. The normalized spacial score (nSPS) is 14.0. The third-order valence-corrected chi connectivity index (χ3v) is 13.7. The highest BCUT2D eigenvalue weighted by atomic mass is 15.1. The summed E-state index contributed by atoms with van der Waals surface area (Å²) in [6.07, 6.45) is 0. The molecule has 288 valence electrons. The predicted molar refractivity (Wildman–Crippen MR) is 256 cm³/mol. The number of nitrogens with zero attached hydrogens (tertiary/aromatic N) is 1.